The first kappa shape index (κ1) is 13.0. The molecule has 1 aliphatic carbocycles. The van der Waals surface area contributed by atoms with Crippen LogP contribution in [0.5, 0.6) is 0 Å². The third kappa shape index (κ3) is 1.90. The largest absolute Gasteiger partial charge is 0.384 e. The van der Waals surface area contributed by atoms with E-state index in [9.17, 15) is 5.26 Å². The zero-order valence-corrected chi connectivity index (χ0v) is 11.8. The first-order valence-corrected chi connectivity index (χ1v) is 6.84. The van der Waals surface area contributed by atoms with Crippen LogP contribution in [-0.4, -0.2) is 4.57 Å². The normalized spacial score (nSPS) is 28.1. The highest BCUT2D eigenvalue weighted by Gasteiger charge is 2.28. The van der Waals surface area contributed by atoms with Crippen molar-refractivity contribution in [2.45, 2.75) is 53.0 Å². The Morgan fingerprint density at radius 2 is 1.89 bits per heavy atom. The van der Waals surface area contributed by atoms with Gasteiger partial charge in [0, 0.05) is 11.7 Å². The van der Waals surface area contributed by atoms with Gasteiger partial charge in [-0.25, -0.2) is 0 Å². The van der Waals surface area contributed by atoms with Crippen LogP contribution in [0, 0.1) is 37.0 Å². The van der Waals surface area contributed by atoms with Crippen LogP contribution in [0.15, 0.2) is 0 Å². The summed E-state index contributed by atoms with van der Waals surface area (Å²) < 4.78 is 2.20. The highest BCUT2D eigenvalue weighted by atomic mass is 15.1. The zero-order valence-electron chi connectivity index (χ0n) is 11.8. The number of nitriles is 1. The molecule has 0 aromatic carbocycles. The molecule has 3 unspecified atom stereocenters. The fourth-order valence-electron chi connectivity index (χ4n) is 3.22. The van der Waals surface area contributed by atoms with Gasteiger partial charge in [-0.2, -0.15) is 5.26 Å². The predicted molar refractivity (Wildman–Crippen MR) is 74.2 cm³/mol. The molecule has 3 nitrogen and oxygen atoms in total. The van der Waals surface area contributed by atoms with Crippen LogP contribution in [0.1, 0.15) is 56.0 Å². The number of anilines is 1. The second-order valence-electron chi connectivity index (χ2n) is 5.87. The molecule has 1 saturated carbocycles. The van der Waals surface area contributed by atoms with Crippen molar-refractivity contribution < 1.29 is 0 Å². The molecule has 1 aromatic heterocycles. The van der Waals surface area contributed by atoms with Gasteiger partial charge in [0.15, 0.2) is 0 Å². The summed E-state index contributed by atoms with van der Waals surface area (Å²) in [5.41, 5.74) is 9.04. The van der Waals surface area contributed by atoms with Crippen LogP contribution < -0.4 is 5.73 Å². The fourth-order valence-corrected chi connectivity index (χ4v) is 3.22. The number of nitrogens with two attached hydrogens (primary N) is 1. The van der Waals surface area contributed by atoms with Gasteiger partial charge in [0.1, 0.15) is 11.9 Å². The van der Waals surface area contributed by atoms with E-state index >= 15 is 0 Å². The van der Waals surface area contributed by atoms with Crippen LogP contribution in [-0.2, 0) is 0 Å². The Hall–Kier alpha value is -1.43. The number of nitrogen functional groups attached to an aromatic ring is 1. The molecule has 98 valence electrons. The van der Waals surface area contributed by atoms with Crippen LogP contribution in [0.2, 0.25) is 0 Å². The lowest BCUT2D eigenvalue weighted by atomic mass is 9.79. The van der Waals surface area contributed by atoms with E-state index in [1.807, 2.05) is 6.92 Å². The third-order valence-corrected chi connectivity index (χ3v) is 4.84. The minimum absolute atomic E-state index is 0.469. The summed E-state index contributed by atoms with van der Waals surface area (Å²) in [5, 5.41) is 9.19. The Labute approximate surface area is 110 Å². The maximum atomic E-state index is 9.19. The van der Waals surface area contributed by atoms with Gasteiger partial charge in [0.05, 0.1) is 5.56 Å². The summed E-state index contributed by atoms with van der Waals surface area (Å²) in [6.07, 6.45) is 3.60. The molecule has 1 heterocycles. The quantitative estimate of drug-likeness (QED) is 0.822. The summed E-state index contributed by atoms with van der Waals surface area (Å²) in [4.78, 5) is 0. The molecule has 2 rings (SSSR count). The van der Waals surface area contributed by atoms with Crippen molar-refractivity contribution in [3.63, 3.8) is 0 Å². The van der Waals surface area contributed by atoms with Crippen molar-refractivity contribution in [1.29, 1.82) is 5.26 Å². The lowest BCUT2D eigenvalue weighted by Gasteiger charge is -2.34. The molecule has 1 aliphatic rings. The van der Waals surface area contributed by atoms with Crippen molar-refractivity contribution in [3.8, 4) is 6.07 Å². The van der Waals surface area contributed by atoms with E-state index in [4.69, 9.17) is 5.73 Å². The monoisotopic (exact) mass is 245 g/mol. The lowest BCUT2D eigenvalue weighted by molar-refractivity contribution is 0.211. The highest BCUT2D eigenvalue weighted by molar-refractivity contribution is 5.58. The van der Waals surface area contributed by atoms with E-state index in [1.165, 1.54) is 19.3 Å². The number of rotatable bonds is 1. The van der Waals surface area contributed by atoms with E-state index in [-0.39, 0.29) is 0 Å². The predicted octanol–water partition coefficient (Wildman–Crippen LogP) is 3.56. The molecule has 0 bridgehead atoms. The summed E-state index contributed by atoms with van der Waals surface area (Å²) in [6, 6.07) is 2.71. The molecule has 2 N–H and O–H groups in total. The van der Waals surface area contributed by atoms with Crippen LogP contribution >= 0.6 is 0 Å². The topological polar surface area (TPSA) is 54.7 Å². The van der Waals surface area contributed by atoms with E-state index < -0.39 is 0 Å². The second kappa shape index (κ2) is 4.68. The molecule has 0 amide bonds. The van der Waals surface area contributed by atoms with Crippen LogP contribution in [0.3, 0.4) is 0 Å². The zero-order chi connectivity index (χ0) is 13.4. The molecule has 0 aliphatic heterocycles. The van der Waals surface area contributed by atoms with Gasteiger partial charge in [-0.05, 0) is 50.5 Å². The molecule has 0 spiro atoms. The molecule has 1 aromatic rings. The first-order chi connectivity index (χ1) is 8.47. The van der Waals surface area contributed by atoms with E-state index in [1.54, 1.807) is 0 Å². The number of hydrogen-bond acceptors (Lipinski definition) is 2. The third-order valence-electron chi connectivity index (χ3n) is 4.84. The summed E-state index contributed by atoms with van der Waals surface area (Å²) in [5.74, 6) is 2.20. The molecule has 1 fully saturated rings. The standard InChI is InChI=1S/C15H23N3/c1-9-5-6-13(7-10(9)2)18-12(4)11(3)14(8-16)15(18)17/h9-10,13H,5-7,17H2,1-4H3. The Bertz CT molecular complexity index is 493. The van der Waals surface area contributed by atoms with Crippen LogP contribution in [0.25, 0.3) is 0 Å². The maximum Gasteiger partial charge on any atom is 0.122 e. The number of aromatic nitrogens is 1. The molecule has 0 saturated heterocycles. The van der Waals surface area contributed by atoms with Crippen molar-refractivity contribution in [2.24, 2.45) is 11.8 Å². The smallest absolute Gasteiger partial charge is 0.122 e. The van der Waals surface area contributed by atoms with Gasteiger partial charge in [0.25, 0.3) is 0 Å². The lowest BCUT2D eigenvalue weighted by Crippen LogP contribution is -2.24. The van der Waals surface area contributed by atoms with Crippen molar-refractivity contribution in [1.82, 2.24) is 4.57 Å². The Morgan fingerprint density at radius 1 is 1.22 bits per heavy atom. The van der Waals surface area contributed by atoms with Crippen LogP contribution in [0.4, 0.5) is 5.82 Å². The maximum absolute atomic E-state index is 9.19. The van der Waals surface area contributed by atoms with Gasteiger partial charge < -0.3 is 10.3 Å². The molecular formula is C15H23N3. The van der Waals surface area contributed by atoms with Gasteiger partial charge in [-0.3, -0.25) is 0 Å². The average molecular weight is 245 g/mol. The molecule has 3 heteroatoms. The minimum Gasteiger partial charge on any atom is -0.384 e. The van der Waals surface area contributed by atoms with E-state index in [0.29, 0.717) is 17.4 Å². The van der Waals surface area contributed by atoms with Gasteiger partial charge >= 0.3 is 0 Å². The highest BCUT2D eigenvalue weighted by Crippen LogP contribution is 2.39. The van der Waals surface area contributed by atoms with Crippen molar-refractivity contribution in [3.05, 3.63) is 16.8 Å². The van der Waals surface area contributed by atoms with Gasteiger partial charge in [-0.1, -0.05) is 13.8 Å². The second-order valence-corrected chi connectivity index (χ2v) is 5.87. The summed E-state index contributed by atoms with van der Waals surface area (Å²) >= 11 is 0. The SMILES string of the molecule is Cc1c(C#N)c(N)n(C2CCC(C)C(C)C2)c1C. The average Bonchev–Trinajstić information content (AvgIpc) is 2.54. The summed E-state index contributed by atoms with van der Waals surface area (Å²) in [6.45, 7) is 8.73. The number of hydrogen-bond donors (Lipinski definition) is 1. The van der Waals surface area contributed by atoms with Crippen molar-refractivity contribution >= 4 is 5.82 Å². The molecule has 18 heavy (non-hydrogen) atoms. The number of nitrogens with zero attached hydrogens (tertiary/aromatic N) is 2. The Kier molecular flexibility index (Phi) is 3.38. The Morgan fingerprint density at radius 3 is 2.39 bits per heavy atom. The van der Waals surface area contributed by atoms with Crippen molar-refractivity contribution in [2.75, 3.05) is 5.73 Å². The molecule has 0 radical (unpaired) electrons. The fraction of sp³-hybridized carbons (Fsp3) is 0.667. The molecular weight excluding hydrogens is 222 g/mol. The Balaban J connectivity index is 2.38. The minimum atomic E-state index is 0.469. The van der Waals surface area contributed by atoms with E-state index in [2.05, 4.69) is 31.4 Å². The summed E-state index contributed by atoms with van der Waals surface area (Å²) in [7, 11) is 0. The first-order valence-electron chi connectivity index (χ1n) is 6.84. The van der Waals surface area contributed by atoms with E-state index in [0.717, 1.165) is 23.1 Å². The van der Waals surface area contributed by atoms with Gasteiger partial charge in [-0.15, -0.1) is 0 Å². The molecule has 3 atom stereocenters. The van der Waals surface area contributed by atoms with Gasteiger partial charge in [0.2, 0.25) is 0 Å².